The molecule has 0 unspecified atom stereocenters. The number of hydrogen-bond donors (Lipinski definition) is 1. The van der Waals surface area contributed by atoms with Crippen molar-refractivity contribution in [3.8, 4) is 0 Å². The lowest BCUT2D eigenvalue weighted by atomic mass is 10.2. The molecule has 0 bridgehead atoms. The van der Waals surface area contributed by atoms with Crippen LogP contribution in [-0.4, -0.2) is 27.5 Å². The van der Waals surface area contributed by atoms with Gasteiger partial charge in [-0.2, -0.15) is 0 Å². The average molecular weight is 373 g/mol. The lowest BCUT2D eigenvalue weighted by Crippen LogP contribution is -2.24. The van der Waals surface area contributed by atoms with Gasteiger partial charge in [-0.1, -0.05) is 36.0 Å². The van der Waals surface area contributed by atoms with Gasteiger partial charge < -0.3 is 5.11 Å². The number of aliphatic hydroxyl groups excluding tert-OH is 1. The van der Waals surface area contributed by atoms with Crippen molar-refractivity contribution in [2.75, 3.05) is 12.9 Å². The average Bonchev–Trinajstić information content (AvgIpc) is 2.66. The number of thioether (sulfide) groups is 2. The monoisotopic (exact) mass is 372 g/mol. The number of para-hydroxylation sites is 1. The second-order valence-electron chi connectivity index (χ2n) is 5.58. The van der Waals surface area contributed by atoms with Gasteiger partial charge in [-0.05, 0) is 42.5 Å². The Morgan fingerprint density at radius 2 is 1.88 bits per heavy atom. The molecule has 0 aliphatic carbocycles. The molecule has 0 radical (unpaired) electrons. The number of nitrogens with zero attached hydrogens (tertiary/aromatic N) is 2. The maximum atomic E-state index is 12.8. The van der Waals surface area contributed by atoms with Crippen molar-refractivity contribution in [3.63, 3.8) is 0 Å². The number of rotatable bonds is 7. The highest BCUT2D eigenvalue weighted by Gasteiger charge is 2.11. The summed E-state index contributed by atoms with van der Waals surface area (Å²) in [5, 5.41) is 10.5. The first-order valence-electron chi connectivity index (χ1n) is 8.09. The summed E-state index contributed by atoms with van der Waals surface area (Å²) in [6.07, 6.45) is 2.60. The van der Waals surface area contributed by atoms with E-state index in [9.17, 15) is 4.79 Å². The topological polar surface area (TPSA) is 55.1 Å². The van der Waals surface area contributed by atoms with Crippen LogP contribution in [0.5, 0.6) is 0 Å². The zero-order valence-electron chi connectivity index (χ0n) is 14.0. The summed E-state index contributed by atoms with van der Waals surface area (Å²) in [5.74, 6) is 0.749. The van der Waals surface area contributed by atoms with Crippen molar-refractivity contribution in [2.24, 2.45) is 0 Å². The lowest BCUT2D eigenvalue weighted by Gasteiger charge is -2.12. The van der Waals surface area contributed by atoms with Crippen LogP contribution in [0.3, 0.4) is 0 Å². The van der Waals surface area contributed by atoms with Gasteiger partial charge in [-0.3, -0.25) is 9.36 Å². The van der Waals surface area contributed by atoms with Crippen LogP contribution in [0.2, 0.25) is 0 Å². The molecular weight excluding hydrogens is 352 g/mol. The molecule has 0 amide bonds. The quantitative estimate of drug-likeness (QED) is 0.505. The van der Waals surface area contributed by atoms with Crippen LogP contribution < -0.4 is 5.56 Å². The van der Waals surface area contributed by atoms with Crippen LogP contribution in [0.1, 0.15) is 12.0 Å². The Morgan fingerprint density at radius 1 is 1.12 bits per heavy atom. The summed E-state index contributed by atoms with van der Waals surface area (Å²) in [4.78, 5) is 18.7. The van der Waals surface area contributed by atoms with E-state index in [2.05, 4.69) is 35.5 Å². The molecule has 25 heavy (non-hydrogen) atoms. The summed E-state index contributed by atoms with van der Waals surface area (Å²) < 4.78 is 1.68. The Labute approximate surface area is 155 Å². The van der Waals surface area contributed by atoms with Gasteiger partial charge in [0.2, 0.25) is 0 Å². The normalized spacial score (nSPS) is 11.1. The Kier molecular flexibility index (Phi) is 6.18. The van der Waals surface area contributed by atoms with E-state index in [0.29, 0.717) is 29.0 Å². The largest absolute Gasteiger partial charge is 0.396 e. The fraction of sp³-hybridized carbons (Fsp3) is 0.263. The predicted molar refractivity (Wildman–Crippen MR) is 105 cm³/mol. The maximum absolute atomic E-state index is 12.8. The minimum Gasteiger partial charge on any atom is -0.396 e. The molecule has 3 aromatic rings. The minimum atomic E-state index is -0.0423. The van der Waals surface area contributed by atoms with Crippen molar-refractivity contribution < 1.29 is 5.11 Å². The third-order valence-electron chi connectivity index (χ3n) is 3.89. The van der Waals surface area contributed by atoms with Gasteiger partial charge in [0, 0.05) is 23.8 Å². The van der Waals surface area contributed by atoms with Crippen molar-refractivity contribution >= 4 is 34.4 Å². The fourth-order valence-corrected chi connectivity index (χ4v) is 3.94. The van der Waals surface area contributed by atoms with E-state index in [1.165, 1.54) is 10.5 Å². The van der Waals surface area contributed by atoms with E-state index in [0.717, 1.165) is 5.75 Å². The third-order valence-corrected chi connectivity index (χ3v) is 5.68. The molecule has 0 fully saturated rings. The molecule has 1 heterocycles. The minimum absolute atomic E-state index is 0.0423. The second-order valence-corrected chi connectivity index (χ2v) is 7.40. The van der Waals surface area contributed by atoms with Gasteiger partial charge in [-0.25, -0.2) is 4.98 Å². The van der Waals surface area contributed by atoms with E-state index < -0.39 is 0 Å². The zero-order valence-corrected chi connectivity index (χ0v) is 15.6. The van der Waals surface area contributed by atoms with Gasteiger partial charge in [0.05, 0.1) is 10.9 Å². The first-order valence-corrected chi connectivity index (χ1v) is 10.3. The van der Waals surface area contributed by atoms with Gasteiger partial charge in [0.15, 0.2) is 5.16 Å². The van der Waals surface area contributed by atoms with Crippen molar-refractivity contribution in [2.45, 2.75) is 28.8 Å². The van der Waals surface area contributed by atoms with Gasteiger partial charge >= 0.3 is 0 Å². The Hall–Kier alpha value is -1.76. The Morgan fingerprint density at radius 3 is 2.60 bits per heavy atom. The Bertz CT molecular complexity index is 907. The molecule has 0 saturated heterocycles. The van der Waals surface area contributed by atoms with Crippen LogP contribution in [0.4, 0.5) is 0 Å². The highest BCUT2D eigenvalue weighted by atomic mass is 32.2. The van der Waals surface area contributed by atoms with Crippen molar-refractivity contribution in [1.82, 2.24) is 9.55 Å². The van der Waals surface area contributed by atoms with Crippen LogP contribution >= 0.6 is 23.5 Å². The molecule has 130 valence electrons. The van der Waals surface area contributed by atoms with E-state index in [1.807, 2.05) is 18.2 Å². The molecule has 6 heteroatoms. The summed E-state index contributed by atoms with van der Waals surface area (Å²) >= 11 is 3.28. The van der Waals surface area contributed by atoms with E-state index in [4.69, 9.17) is 5.11 Å². The molecule has 3 rings (SSSR count). The molecule has 0 aliphatic rings. The van der Waals surface area contributed by atoms with Crippen molar-refractivity contribution in [1.29, 1.82) is 0 Å². The summed E-state index contributed by atoms with van der Waals surface area (Å²) in [6.45, 7) is 0.528. The zero-order chi connectivity index (χ0) is 17.6. The van der Waals surface area contributed by atoms with Gasteiger partial charge in [-0.15, -0.1) is 11.8 Å². The molecular formula is C19H20N2O2S2. The van der Waals surface area contributed by atoms with E-state index >= 15 is 0 Å². The highest BCUT2D eigenvalue weighted by Crippen LogP contribution is 2.24. The molecule has 0 atom stereocenters. The molecule has 0 spiro atoms. The first-order chi connectivity index (χ1) is 12.2. The predicted octanol–water partition coefficient (Wildman–Crippen LogP) is 3.79. The Balaban J connectivity index is 1.91. The van der Waals surface area contributed by atoms with Crippen LogP contribution in [0, 0.1) is 0 Å². The summed E-state index contributed by atoms with van der Waals surface area (Å²) in [6, 6.07) is 15.8. The molecule has 1 aromatic heterocycles. The van der Waals surface area contributed by atoms with Gasteiger partial charge in [0.1, 0.15) is 0 Å². The standard InChI is InChI=1S/C19H20N2O2S2/c1-24-15-9-7-14(8-10-15)13-25-19-20-17-6-3-2-5-16(17)18(23)21(19)11-4-12-22/h2-3,5-10,22H,4,11-13H2,1H3. The van der Waals surface area contributed by atoms with E-state index in [-0.39, 0.29) is 12.2 Å². The number of aliphatic hydroxyl groups is 1. The fourth-order valence-electron chi connectivity index (χ4n) is 2.55. The first kappa shape index (κ1) is 18.0. The second kappa shape index (κ2) is 8.56. The number of benzene rings is 2. The summed E-state index contributed by atoms with van der Waals surface area (Å²) in [5.41, 5.74) is 1.87. The van der Waals surface area contributed by atoms with Crippen molar-refractivity contribution in [3.05, 3.63) is 64.4 Å². The van der Waals surface area contributed by atoms with Crippen LogP contribution in [0.15, 0.2) is 63.4 Å². The molecule has 0 saturated carbocycles. The number of aromatic nitrogens is 2. The smallest absolute Gasteiger partial charge is 0.262 e. The number of fused-ring (bicyclic) bond motifs is 1. The van der Waals surface area contributed by atoms with E-state index in [1.54, 1.807) is 34.2 Å². The van der Waals surface area contributed by atoms with Crippen LogP contribution in [0.25, 0.3) is 10.9 Å². The molecule has 0 aliphatic heterocycles. The SMILES string of the molecule is CSc1ccc(CSc2nc3ccccc3c(=O)n2CCCO)cc1. The number of hydrogen-bond acceptors (Lipinski definition) is 5. The highest BCUT2D eigenvalue weighted by molar-refractivity contribution is 7.98. The third kappa shape index (κ3) is 4.26. The van der Waals surface area contributed by atoms with Gasteiger partial charge in [0.25, 0.3) is 5.56 Å². The lowest BCUT2D eigenvalue weighted by molar-refractivity contribution is 0.276. The van der Waals surface area contributed by atoms with Crippen LogP contribution in [-0.2, 0) is 12.3 Å². The molecule has 1 N–H and O–H groups in total. The summed E-state index contributed by atoms with van der Waals surface area (Å²) in [7, 11) is 0. The maximum Gasteiger partial charge on any atom is 0.262 e. The molecule has 2 aromatic carbocycles. The molecule has 4 nitrogen and oxygen atoms in total.